The van der Waals surface area contributed by atoms with Crippen molar-refractivity contribution in [2.24, 2.45) is 17.8 Å². The van der Waals surface area contributed by atoms with Crippen LogP contribution in [0.5, 0.6) is 0 Å². The van der Waals surface area contributed by atoms with Crippen LogP contribution in [0.2, 0.25) is 0 Å². The standard InChI is InChI=1S/C83H162O17P2/c1-8-11-12-13-40-50-57-64-80(85)93-70-78(100-83(88)67-60-53-46-39-38-41-47-54-61-74(4)5)72-97-101(89,90)95-68-77(84)69-96-102(91,92)98-73-79(99-82(87)66-59-52-45-37-33-29-25-21-17-15-19-23-27-31-35-43-49-56-63-76(7)10-3)71-94-81(86)65-58-51-44-36-32-28-24-20-16-14-18-22-26-30-34-42-48-55-62-75(6)9-2/h74-79,84H,8-73H2,1-7H3,(H,89,90)(H,91,92)/t75?,76?,77-,78+,79+/m0/s1. The molecule has 4 unspecified atom stereocenters. The summed E-state index contributed by atoms with van der Waals surface area (Å²) in [4.78, 5) is 72.8. The Morgan fingerprint density at radius 2 is 0.500 bits per heavy atom. The van der Waals surface area contributed by atoms with E-state index in [-0.39, 0.29) is 25.7 Å². The maximum Gasteiger partial charge on any atom is 0.472 e. The second-order valence-corrected chi connectivity index (χ2v) is 33.7. The molecule has 0 aliphatic carbocycles. The molecule has 0 radical (unpaired) electrons. The highest BCUT2D eigenvalue weighted by Crippen LogP contribution is 2.45. The van der Waals surface area contributed by atoms with Gasteiger partial charge in [-0.15, -0.1) is 0 Å². The Hall–Kier alpha value is -1.94. The van der Waals surface area contributed by atoms with Crippen molar-refractivity contribution in [2.45, 2.75) is 452 Å². The number of aliphatic hydroxyl groups excluding tert-OH is 1. The summed E-state index contributed by atoms with van der Waals surface area (Å²) in [5, 5.41) is 10.6. The molecule has 0 saturated carbocycles. The minimum Gasteiger partial charge on any atom is -0.462 e. The van der Waals surface area contributed by atoms with Crippen molar-refractivity contribution >= 4 is 39.5 Å². The Bertz CT molecular complexity index is 1980. The van der Waals surface area contributed by atoms with E-state index >= 15 is 0 Å². The molecule has 102 heavy (non-hydrogen) atoms. The normalized spacial score (nSPS) is 14.5. The molecule has 0 fully saturated rings. The molecule has 0 aliphatic rings. The summed E-state index contributed by atoms with van der Waals surface area (Å²) in [6, 6.07) is 0. The van der Waals surface area contributed by atoms with Gasteiger partial charge in [0.15, 0.2) is 12.2 Å². The van der Waals surface area contributed by atoms with Crippen LogP contribution >= 0.6 is 15.6 Å². The lowest BCUT2D eigenvalue weighted by molar-refractivity contribution is -0.161. The van der Waals surface area contributed by atoms with Crippen molar-refractivity contribution < 1.29 is 80.2 Å². The molecule has 0 rings (SSSR count). The number of phosphoric ester groups is 2. The van der Waals surface area contributed by atoms with Gasteiger partial charge in [-0.2, -0.15) is 0 Å². The highest BCUT2D eigenvalue weighted by Gasteiger charge is 2.30. The molecule has 0 spiro atoms. The number of carbonyl (C=O) groups is 4. The highest BCUT2D eigenvalue weighted by atomic mass is 31.2. The first-order valence-corrected chi connectivity index (χ1v) is 45.9. The molecule has 606 valence electrons. The number of hydrogen-bond acceptors (Lipinski definition) is 15. The van der Waals surface area contributed by atoms with E-state index in [1.807, 2.05) is 0 Å². The lowest BCUT2D eigenvalue weighted by atomic mass is 9.99. The molecule has 19 heteroatoms. The van der Waals surface area contributed by atoms with Gasteiger partial charge in [-0.1, -0.05) is 382 Å². The smallest absolute Gasteiger partial charge is 0.462 e. The lowest BCUT2D eigenvalue weighted by Gasteiger charge is -2.21. The maximum atomic E-state index is 13.1. The summed E-state index contributed by atoms with van der Waals surface area (Å²) < 4.78 is 68.6. The van der Waals surface area contributed by atoms with Crippen molar-refractivity contribution in [3.63, 3.8) is 0 Å². The molecule has 17 nitrogen and oxygen atoms in total. The van der Waals surface area contributed by atoms with Crippen molar-refractivity contribution in [1.82, 2.24) is 0 Å². The quantitative estimate of drug-likeness (QED) is 0.0222. The minimum atomic E-state index is -4.96. The summed E-state index contributed by atoms with van der Waals surface area (Å²) in [6.45, 7) is 12.0. The number of rotatable bonds is 81. The van der Waals surface area contributed by atoms with Gasteiger partial charge in [0.05, 0.1) is 26.4 Å². The monoisotopic (exact) mass is 1490 g/mol. The van der Waals surface area contributed by atoms with Crippen molar-refractivity contribution in [2.75, 3.05) is 39.6 Å². The number of phosphoric acid groups is 2. The Morgan fingerprint density at radius 3 is 0.745 bits per heavy atom. The fourth-order valence-electron chi connectivity index (χ4n) is 12.8. The summed E-state index contributed by atoms with van der Waals surface area (Å²) in [6.07, 6.45) is 62.8. The average molecular weight is 1490 g/mol. The second-order valence-electron chi connectivity index (χ2n) is 30.8. The average Bonchev–Trinajstić information content (AvgIpc) is 0.910. The van der Waals surface area contributed by atoms with Crippen molar-refractivity contribution in [3.8, 4) is 0 Å². The van der Waals surface area contributed by atoms with E-state index in [1.54, 1.807) is 0 Å². The summed E-state index contributed by atoms with van der Waals surface area (Å²) >= 11 is 0. The Morgan fingerprint density at radius 1 is 0.284 bits per heavy atom. The fraction of sp³-hybridized carbons (Fsp3) is 0.952. The number of hydrogen-bond donors (Lipinski definition) is 3. The van der Waals surface area contributed by atoms with E-state index in [0.717, 1.165) is 120 Å². The Kier molecular flexibility index (Phi) is 71.8. The fourth-order valence-corrected chi connectivity index (χ4v) is 14.4. The minimum absolute atomic E-state index is 0.104. The van der Waals surface area contributed by atoms with E-state index in [4.69, 9.17) is 37.0 Å². The Balaban J connectivity index is 5.13. The van der Waals surface area contributed by atoms with Gasteiger partial charge < -0.3 is 33.8 Å². The molecule has 0 aromatic rings. The van der Waals surface area contributed by atoms with Gasteiger partial charge in [0.25, 0.3) is 0 Å². The van der Waals surface area contributed by atoms with E-state index in [2.05, 4.69) is 48.5 Å². The van der Waals surface area contributed by atoms with E-state index in [1.165, 1.54) is 231 Å². The molecular formula is C83H162O17P2. The van der Waals surface area contributed by atoms with Crippen LogP contribution < -0.4 is 0 Å². The Labute approximate surface area is 626 Å². The largest absolute Gasteiger partial charge is 0.472 e. The number of carbonyl (C=O) groups excluding carboxylic acids is 4. The van der Waals surface area contributed by atoms with Crippen molar-refractivity contribution in [1.29, 1.82) is 0 Å². The molecule has 0 bridgehead atoms. The van der Waals surface area contributed by atoms with Crippen LogP contribution in [0.4, 0.5) is 0 Å². The predicted octanol–water partition coefficient (Wildman–Crippen LogP) is 24.9. The molecule has 0 heterocycles. The van der Waals surface area contributed by atoms with E-state index in [9.17, 15) is 43.2 Å². The number of ether oxygens (including phenoxy) is 4. The van der Waals surface area contributed by atoms with Crippen LogP contribution in [-0.2, 0) is 65.4 Å². The SMILES string of the molecule is CCCCCCCCCC(=O)OC[C@H](COP(=O)(O)OC[C@H](O)COP(=O)(O)OC[C@@H](COC(=O)CCCCCCCCCCCCCCCCCCCCC(C)CC)OC(=O)CCCCCCCCCCCCCCCCCCCCC(C)CC)OC(=O)CCCCCCCCCCC(C)C. The van der Waals surface area contributed by atoms with E-state index in [0.29, 0.717) is 25.7 Å². The third-order valence-electron chi connectivity index (χ3n) is 20.1. The molecule has 3 N–H and O–H groups in total. The van der Waals surface area contributed by atoms with Crippen LogP contribution in [-0.4, -0.2) is 96.7 Å². The van der Waals surface area contributed by atoms with Crippen LogP contribution in [0, 0.1) is 17.8 Å². The number of esters is 4. The molecule has 7 atom stereocenters. The first-order chi connectivity index (χ1) is 49.3. The van der Waals surface area contributed by atoms with E-state index < -0.39 is 97.5 Å². The predicted molar refractivity (Wildman–Crippen MR) is 418 cm³/mol. The van der Waals surface area contributed by atoms with Crippen molar-refractivity contribution in [3.05, 3.63) is 0 Å². The lowest BCUT2D eigenvalue weighted by Crippen LogP contribution is -2.30. The highest BCUT2D eigenvalue weighted by molar-refractivity contribution is 7.47. The van der Waals surface area contributed by atoms with Gasteiger partial charge in [-0.3, -0.25) is 37.3 Å². The number of unbranched alkanes of at least 4 members (excludes halogenated alkanes) is 47. The number of aliphatic hydroxyl groups is 1. The van der Waals surface area contributed by atoms with Gasteiger partial charge >= 0.3 is 39.5 Å². The van der Waals surface area contributed by atoms with Gasteiger partial charge in [0, 0.05) is 25.7 Å². The zero-order valence-electron chi connectivity index (χ0n) is 67.1. The van der Waals surface area contributed by atoms with Gasteiger partial charge in [-0.25, -0.2) is 9.13 Å². The zero-order valence-corrected chi connectivity index (χ0v) is 68.9. The molecule has 0 saturated heterocycles. The molecule has 0 aromatic heterocycles. The summed E-state index contributed by atoms with van der Waals surface area (Å²) in [7, 11) is -9.91. The van der Waals surface area contributed by atoms with Gasteiger partial charge in [-0.05, 0) is 43.4 Å². The zero-order chi connectivity index (χ0) is 75.1. The molecule has 0 aliphatic heterocycles. The summed E-state index contributed by atoms with van der Waals surface area (Å²) in [5.74, 6) is 0.346. The second kappa shape index (κ2) is 73.2. The first-order valence-electron chi connectivity index (χ1n) is 42.9. The molecular weight excluding hydrogens is 1330 g/mol. The summed E-state index contributed by atoms with van der Waals surface area (Å²) in [5.41, 5.74) is 0. The third kappa shape index (κ3) is 73.6. The van der Waals surface area contributed by atoms with Gasteiger partial charge in [0.2, 0.25) is 0 Å². The first kappa shape index (κ1) is 100. The van der Waals surface area contributed by atoms with Crippen LogP contribution in [0.25, 0.3) is 0 Å². The molecule has 0 aromatic carbocycles. The van der Waals surface area contributed by atoms with Gasteiger partial charge in [0.1, 0.15) is 19.3 Å². The third-order valence-corrected chi connectivity index (χ3v) is 22.0. The molecule has 0 amide bonds. The van der Waals surface area contributed by atoms with Crippen LogP contribution in [0.15, 0.2) is 0 Å². The van der Waals surface area contributed by atoms with Crippen LogP contribution in [0.1, 0.15) is 434 Å². The van der Waals surface area contributed by atoms with Crippen LogP contribution in [0.3, 0.4) is 0 Å². The maximum absolute atomic E-state index is 13.1. The topological polar surface area (TPSA) is 237 Å².